The molecule has 24 heavy (non-hydrogen) atoms. The normalized spacial score (nSPS) is 13.2. The van der Waals surface area contributed by atoms with Gasteiger partial charge >= 0.3 is 5.97 Å². The number of hydrogen-bond donors (Lipinski definition) is 1. The first-order valence-corrected chi connectivity index (χ1v) is 9.16. The molecule has 3 rings (SSSR count). The van der Waals surface area contributed by atoms with Gasteiger partial charge in [0.15, 0.2) is 0 Å². The minimum atomic E-state index is -0.237. The molecule has 0 bridgehead atoms. The number of carbonyl (C=O) groups is 2. The SMILES string of the molecule is CCOC(=O)Cc1c(NC(=O)c2ccccc2)sc2c1CCCC2. The van der Waals surface area contributed by atoms with Crippen LogP contribution in [0.4, 0.5) is 5.00 Å². The molecule has 1 aliphatic rings. The van der Waals surface area contributed by atoms with Crippen LogP contribution in [0.3, 0.4) is 0 Å². The Bertz CT molecular complexity index is 737. The summed E-state index contributed by atoms with van der Waals surface area (Å²) in [5.74, 6) is -0.377. The van der Waals surface area contributed by atoms with Crippen LogP contribution >= 0.6 is 11.3 Å². The number of ether oxygens (including phenoxy) is 1. The second-order valence-electron chi connectivity index (χ2n) is 5.82. The van der Waals surface area contributed by atoms with Crippen molar-refractivity contribution in [3.05, 3.63) is 51.9 Å². The molecule has 0 saturated heterocycles. The summed E-state index contributed by atoms with van der Waals surface area (Å²) in [5, 5.41) is 3.80. The molecule has 0 radical (unpaired) electrons. The van der Waals surface area contributed by atoms with Crippen LogP contribution in [0.5, 0.6) is 0 Å². The zero-order valence-corrected chi connectivity index (χ0v) is 14.6. The summed E-state index contributed by atoms with van der Waals surface area (Å²) in [6.07, 6.45) is 4.52. The van der Waals surface area contributed by atoms with Gasteiger partial charge in [0, 0.05) is 16.0 Å². The lowest BCUT2D eigenvalue weighted by atomic mass is 9.94. The van der Waals surface area contributed by atoms with E-state index in [0.29, 0.717) is 12.2 Å². The van der Waals surface area contributed by atoms with Crippen LogP contribution in [0.25, 0.3) is 0 Å². The molecule has 0 fully saturated rings. The number of anilines is 1. The Morgan fingerprint density at radius 2 is 1.92 bits per heavy atom. The Hall–Kier alpha value is -2.14. The molecule has 1 aliphatic carbocycles. The van der Waals surface area contributed by atoms with E-state index >= 15 is 0 Å². The third kappa shape index (κ3) is 3.67. The number of aryl methyl sites for hydroxylation is 1. The van der Waals surface area contributed by atoms with Crippen LogP contribution in [-0.4, -0.2) is 18.5 Å². The van der Waals surface area contributed by atoms with E-state index in [-0.39, 0.29) is 18.3 Å². The Balaban J connectivity index is 1.87. The van der Waals surface area contributed by atoms with Gasteiger partial charge in [-0.05, 0) is 50.3 Å². The van der Waals surface area contributed by atoms with E-state index in [1.165, 1.54) is 16.9 Å². The average molecular weight is 343 g/mol. The number of benzene rings is 1. The van der Waals surface area contributed by atoms with Crippen LogP contribution in [0.1, 0.15) is 46.1 Å². The van der Waals surface area contributed by atoms with Gasteiger partial charge in [-0.3, -0.25) is 9.59 Å². The van der Waals surface area contributed by atoms with Crippen molar-refractivity contribution in [2.45, 2.75) is 39.0 Å². The fraction of sp³-hybridized carbons (Fsp3) is 0.368. The molecular weight excluding hydrogens is 322 g/mol. The van der Waals surface area contributed by atoms with E-state index in [2.05, 4.69) is 5.32 Å². The molecule has 5 heteroatoms. The number of nitrogens with one attached hydrogen (secondary N) is 1. The largest absolute Gasteiger partial charge is 0.466 e. The van der Waals surface area contributed by atoms with Gasteiger partial charge < -0.3 is 10.1 Å². The van der Waals surface area contributed by atoms with Crippen LogP contribution in [0.15, 0.2) is 30.3 Å². The Labute approximate surface area is 145 Å². The van der Waals surface area contributed by atoms with E-state index < -0.39 is 0 Å². The fourth-order valence-electron chi connectivity index (χ4n) is 3.04. The van der Waals surface area contributed by atoms with Crippen LogP contribution < -0.4 is 5.32 Å². The summed E-state index contributed by atoms with van der Waals surface area (Å²) < 4.78 is 5.10. The average Bonchev–Trinajstić information content (AvgIpc) is 2.93. The van der Waals surface area contributed by atoms with Crippen molar-refractivity contribution < 1.29 is 14.3 Å². The van der Waals surface area contributed by atoms with Crippen LogP contribution in [0.2, 0.25) is 0 Å². The number of carbonyl (C=O) groups excluding carboxylic acids is 2. The fourth-order valence-corrected chi connectivity index (χ4v) is 4.34. The van der Waals surface area contributed by atoms with E-state index in [4.69, 9.17) is 4.74 Å². The molecule has 1 amide bonds. The molecule has 1 aromatic heterocycles. The Kier molecular flexibility index (Phi) is 5.30. The highest BCUT2D eigenvalue weighted by Crippen LogP contribution is 2.38. The van der Waals surface area contributed by atoms with E-state index in [9.17, 15) is 9.59 Å². The van der Waals surface area contributed by atoms with Crippen molar-refractivity contribution in [2.24, 2.45) is 0 Å². The lowest BCUT2D eigenvalue weighted by molar-refractivity contribution is -0.142. The summed E-state index contributed by atoms with van der Waals surface area (Å²) in [6, 6.07) is 9.14. The topological polar surface area (TPSA) is 55.4 Å². The van der Waals surface area contributed by atoms with Gasteiger partial charge in [0.25, 0.3) is 5.91 Å². The minimum Gasteiger partial charge on any atom is -0.466 e. The molecular formula is C19H21NO3S. The highest BCUT2D eigenvalue weighted by Gasteiger charge is 2.24. The monoisotopic (exact) mass is 343 g/mol. The van der Waals surface area contributed by atoms with Gasteiger partial charge in [-0.25, -0.2) is 0 Å². The first-order valence-electron chi connectivity index (χ1n) is 8.34. The number of hydrogen-bond acceptors (Lipinski definition) is 4. The summed E-state index contributed by atoms with van der Waals surface area (Å²) in [7, 11) is 0. The number of amides is 1. The molecule has 126 valence electrons. The zero-order valence-electron chi connectivity index (χ0n) is 13.8. The van der Waals surface area contributed by atoms with E-state index in [0.717, 1.165) is 29.8 Å². The third-order valence-electron chi connectivity index (χ3n) is 4.17. The maximum absolute atomic E-state index is 12.5. The second-order valence-corrected chi connectivity index (χ2v) is 6.93. The third-order valence-corrected chi connectivity index (χ3v) is 5.42. The molecule has 0 saturated carbocycles. The number of esters is 1. The molecule has 0 unspecified atom stereocenters. The second kappa shape index (κ2) is 7.62. The number of thiophene rings is 1. The maximum Gasteiger partial charge on any atom is 0.310 e. The molecule has 2 aromatic rings. The van der Waals surface area contributed by atoms with Crippen LogP contribution in [-0.2, 0) is 28.8 Å². The molecule has 1 heterocycles. The molecule has 0 atom stereocenters. The molecule has 0 spiro atoms. The summed E-state index contributed by atoms with van der Waals surface area (Å²) >= 11 is 1.61. The zero-order chi connectivity index (χ0) is 16.9. The molecule has 0 aliphatic heterocycles. The minimum absolute atomic E-state index is 0.140. The predicted molar refractivity (Wildman–Crippen MR) is 95.7 cm³/mol. The van der Waals surface area contributed by atoms with E-state index in [1.54, 1.807) is 30.4 Å². The molecule has 1 aromatic carbocycles. The van der Waals surface area contributed by atoms with Gasteiger partial charge in [-0.15, -0.1) is 11.3 Å². The predicted octanol–water partition coefficient (Wildman–Crippen LogP) is 3.98. The highest BCUT2D eigenvalue weighted by atomic mass is 32.1. The van der Waals surface area contributed by atoms with Crippen molar-refractivity contribution in [3.8, 4) is 0 Å². The van der Waals surface area contributed by atoms with Crippen molar-refractivity contribution in [3.63, 3.8) is 0 Å². The standard InChI is InChI=1S/C19H21NO3S/c1-2-23-17(21)12-15-14-10-6-7-11-16(14)24-19(15)20-18(22)13-8-4-3-5-9-13/h3-5,8-9H,2,6-7,10-12H2,1H3,(H,20,22). The van der Waals surface area contributed by atoms with Gasteiger partial charge in [0.2, 0.25) is 0 Å². The molecule has 4 nitrogen and oxygen atoms in total. The Morgan fingerprint density at radius 3 is 2.67 bits per heavy atom. The van der Waals surface area contributed by atoms with Gasteiger partial charge in [0.1, 0.15) is 0 Å². The quantitative estimate of drug-likeness (QED) is 0.835. The first-order chi connectivity index (χ1) is 11.7. The van der Waals surface area contributed by atoms with Crippen LogP contribution in [0, 0.1) is 0 Å². The smallest absolute Gasteiger partial charge is 0.310 e. The Morgan fingerprint density at radius 1 is 1.17 bits per heavy atom. The van der Waals surface area contributed by atoms with E-state index in [1.807, 2.05) is 18.2 Å². The summed E-state index contributed by atoms with van der Waals surface area (Å²) in [4.78, 5) is 25.7. The summed E-state index contributed by atoms with van der Waals surface area (Å²) in [5.41, 5.74) is 2.80. The summed E-state index contributed by atoms with van der Waals surface area (Å²) in [6.45, 7) is 2.18. The highest BCUT2D eigenvalue weighted by molar-refractivity contribution is 7.16. The lowest BCUT2D eigenvalue weighted by Crippen LogP contribution is -2.15. The van der Waals surface area contributed by atoms with Gasteiger partial charge in [0.05, 0.1) is 18.0 Å². The van der Waals surface area contributed by atoms with Crippen molar-refractivity contribution in [1.29, 1.82) is 0 Å². The van der Waals surface area contributed by atoms with Gasteiger partial charge in [-0.2, -0.15) is 0 Å². The first kappa shape index (κ1) is 16.7. The maximum atomic E-state index is 12.5. The lowest BCUT2D eigenvalue weighted by Gasteiger charge is -2.13. The van der Waals surface area contributed by atoms with Crippen molar-refractivity contribution in [1.82, 2.24) is 0 Å². The van der Waals surface area contributed by atoms with Gasteiger partial charge in [-0.1, -0.05) is 18.2 Å². The van der Waals surface area contributed by atoms with Crippen molar-refractivity contribution >= 4 is 28.2 Å². The molecule has 1 N–H and O–H groups in total. The van der Waals surface area contributed by atoms with Crippen molar-refractivity contribution in [2.75, 3.05) is 11.9 Å². The number of rotatable bonds is 5. The number of fused-ring (bicyclic) bond motifs is 1.